The number of amides is 1. The summed E-state index contributed by atoms with van der Waals surface area (Å²) in [5, 5.41) is 9.74. The quantitative estimate of drug-likeness (QED) is 0.402. The molecule has 0 radical (unpaired) electrons. The molecule has 1 fully saturated rings. The topological polar surface area (TPSA) is 96.8 Å². The van der Waals surface area contributed by atoms with Gasteiger partial charge < -0.3 is 16.0 Å². The van der Waals surface area contributed by atoms with Crippen molar-refractivity contribution in [3.63, 3.8) is 0 Å². The molecule has 32 heavy (non-hydrogen) atoms. The van der Waals surface area contributed by atoms with E-state index in [1.54, 1.807) is 24.7 Å². The molecule has 1 aliphatic carbocycles. The summed E-state index contributed by atoms with van der Waals surface area (Å²) in [6, 6.07) is 17.3. The van der Waals surface area contributed by atoms with Crippen molar-refractivity contribution in [1.82, 2.24) is 19.5 Å². The highest BCUT2D eigenvalue weighted by molar-refractivity contribution is 6.05. The molecule has 1 amide bonds. The van der Waals surface area contributed by atoms with Gasteiger partial charge in [-0.3, -0.25) is 9.36 Å². The lowest BCUT2D eigenvalue weighted by Gasteiger charge is -2.15. The maximum Gasteiger partial charge on any atom is 0.255 e. The van der Waals surface area contributed by atoms with Gasteiger partial charge in [-0.2, -0.15) is 0 Å². The Kier molecular flexibility index (Phi) is 5.25. The molecule has 0 unspecified atom stereocenters. The van der Waals surface area contributed by atoms with E-state index in [1.807, 2.05) is 60.2 Å². The monoisotopic (exact) mass is 425 g/mol. The number of nitrogens with zero attached hydrogens (tertiary/aromatic N) is 4. The van der Waals surface area contributed by atoms with Crippen LogP contribution in [0.15, 0.2) is 73.3 Å². The van der Waals surface area contributed by atoms with Gasteiger partial charge in [0.1, 0.15) is 18.0 Å². The van der Waals surface area contributed by atoms with Crippen LogP contribution in [0.3, 0.4) is 0 Å². The second-order valence-electron chi connectivity index (χ2n) is 7.72. The maximum absolute atomic E-state index is 12.6. The van der Waals surface area contributed by atoms with E-state index in [2.05, 4.69) is 30.9 Å². The summed E-state index contributed by atoms with van der Waals surface area (Å²) < 4.78 is 1.87. The molecule has 5 rings (SSSR count). The van der Waals surface area contributed by atoms with Crippen LogP contribution in [0, 0.1) is 6.92 Å². The average molecular weight is 425 g/mol. The number of hydrogen-bond donors (Lipinski definition) is 3. The third-order valence-corrected chi connectivity index (χ3v) is 5.33. The molecule has 8 heteroatoms. The second kappa shape index (κ2) is 8.50. The first-order valence-corrected chi connectivity index (χ1v) is 10.5. The smallest absolute Gasteiger partial charge is 0.255 e. The minimum Gasteiger partial charge on any atom is -0.367 e. The van der Waals surface area contributed by atoms with Gasteiger partial charge in [-0.25, -0.2) is 15.0 Å². The Balaban J connectivity index is 1.37. The van der Waals surface area contributed by atoms with Crippen molar-refractivity contribution in [2.24, 2.45) is 0 Å². The number of imidazole rings is 1. The highest BCUT2D eigenvalue weighted by Crippen LogP contribution is 2.28. The SMILES string of the molecule is Cc1c(NC(=O)c2ccccc2)cccc1Nc1nccn1-c1cc(NC2CC2)ncn1. The van der Waals surface area contributed by atoms with Crippen LogP contribution in [0.2, 0.25) is 0 Å². The summed E-state index contributed by atoms with van der Waals surface area (Å²) in [5.74, 6) is 1.99. The predicted molar refractivity (Wildman–Crippen MR) is 125 cm³/mol. The number of anilines is 4. The molecule has 1 aliphatic rings. The van der Waals surface area contributed by atoms with E-state index in [1.165, 1.54) is 12.8 Å². The van der Waals surface area contributed by atoms with Gasteiger partial charge in [0, 0.05) is 41.4 Å². The van der Waals surface area contributed by atoms with Crippen molar-refractivity contribution < 1.29 is 4.79 Å². The number of benzene rings is 2. The van der Waals surface area contributed by atoms with Crippen molar-refractivity contribution in [1.29, 1.82) is 0 Å². The fraction of sp³-hybridized carbons (Fsp3) is 0.167. The molecule has 3 N–H and O–H groups in total. The molecule has 2 aromatic carbocycles. The van der Waals surface area contributed by atoms with Gasteiger partial charge in [0.15, 0.2) is 0 Å². The Labute approximate surface area is 185 Å². The lowest BCUT2D eigenvalue weighted by atomic mass is 10.1. The predicted octanol–water partition coefficient (Wildman–Crippen LogP) is 4.54. The lowest BCUT2D eigenvalue weighted by Crippen LogP contribution is -2.13. The molecular formula is C24H23N7O. The number of rotatable bonds is 7. The summed E-state index contributed by atoms with van der Waals surface area (Å²) in [4.78, 5) is 25.7. The molecule has 0 atom stereocenters. The molecule has 0 saturated heterocycles. The van der Waals surface area contributed by atoms with E-state index >= 15 is 0 Å². The lowest BCUT2D eigenvalue weighted by molar-refractivity contribution is 0.102. The Bertz CT molecular complexity index is 1250. The molecule has 0 bridgehead atoms. The van der Waals surface area contributed by atoms with E-state index in [4.69, 9.17) is 0 Å². The first-order valence-electron chi connectivity index (χ1n) is 10.5. The van der Waals surface area contributed by atoms with Crippen LogP contribution < -0.4 is 16.0 Å². The number of hydrogen-bond acceptors (Lipinski definition) is 6. The minimum absolute atomic E-state index is 0.149. The second-order valence-corrected chi connectivity index (χ2v) is 7.72. The van der Waals surface area contributed by atoms with E-state index in [-0.39, 0.29) is 5.91 Å². The zero-order chi connectivity index (χ0) is 21.9. The minimum atomic E-state index is -0.149. The van der Waals surface area contributed by atoms with E-state index in [0.29, 0.717) is 23.4 Å². The number of nitrogens with one attached hydrogen (secondary N) is 3. The number of carbonyl (C=O) groups excluding carboxylic acids is 1. The number of carbonyl (C=O) groups is 1. The van der Waals surface area contributed by atoms with Crippen molar-refractivity contribution in [3.8, 4) is 5.82 Å². The third kappa shape index (κ3) is 4.29. The molecule has 2 aromatic heterocycles. The van der Waals surface area contributed by atoms with Gasteiger partial charge in [0.25, 0.3) is 5.91 Å². The van der Waals surface area contributed by atoms with Crippen LogP contribution in [0.25, 0.3) is 5.82 Å². The van der Waals surface area contributed by atoms with E-state index in [9.17, 15) is 4.79 Å². The van der Waals surface area contributed by atoms with Crippen LogP contribution in [-0.4, -0.2) is 31.5 Å². The van der Waals surface area contributed by atoms with Gasteiger partial charge in [0.05, 0.1) is 0 Å². The van der Waals surface area contributed by atoms with Crippen molar-refractivity contribution in [3.05, 3.63) is 84.4 Å². The van der Waals surface area contributed by atoms with Gasteiger partial charge in [-0.1, -0.05) is 24.3 Å². The Hall–Kier alpha value is -4.20. The van der Waals surface area contributed by atoms with Crippen molar-refractivity contribution in [2.45, 2.75) is 25.8 Å². The van der Waals surface area contributed by atoms with Crippen LogP contribution in [0.5, 0.6) is 0 Å². The summed E-state index contributed by atoms with van der Waals surface area (Å²) in [6.07, 6.45) is 7.47. The Morgan fingerprint density at radius 1 is 1.00 bits per heavy atom. The summed E-state index contributed by atoms with van der Waals surface area (Å²) in [7, 11) is 0. The van der Waals surface area contributed by atoms with Crippen LogP contribution in [-0.2, 0) is 0 Å². The maximum atomic E-state index is 12.6. The molecule has 4 aromatic rings. The van der Waals surface area contributed by atoms with Crippen molar-refractivity contribution in [2.75, 3.05) is 16.0 Å². The highest BCUT2D eigenvalue weighted by Gasteiger charge is 2.21. The first-order chi connectivity index (χ1) is 15.7. The normalized spacial score (nSPS) is 12.9. The molecular weight excluding hydrogens is 402 g/mol. The third-order valence-electron chi connectivity index (χ3n) is 5.33. The molecule has 0 aliphatic heterocycles. The molecule has 8 nitrogen and oxygen atoms in total. The first kappa shape index (κ1) is 19.7. The fourth-order valence-electron chi connectivity index (χ4n) is 3.39. The molecule has 0 spiro atoms. The molecule has 160 valence electrons. The van der Waals surface area contributed by atoms with Crippen LogP contribution in [0.4, 0.5) is 23.1 Å². The van der Waals surface area contributed by atoms with Gasteiger partial charge >= 0.3 is 0 Å². The molecule has 2 heterocycles. The van der Waals surface area contributed by atoms with Gasteiger partial charge in [-0.15, -0.1) is 0 Å². The fourth-order valence-corrected chi connectivity index (χ4v) is 3.39. The van der Waals surface area contributed by atoms with Gasteiger partial charge in [-0.05, 0) is 49.6 Å². The van der Waals surface area contributed by atoms with E-state index < -0.39 is 0 Å². The summed E-state index contributed by atoms with van der Waals surface area (Å²) in [5.41, 5.74) is 3.10. The summed E-state index contributed by atoms with van der Waals surface area (Å²) in [6.45, 7) is 1.96. The highest BCUT2D eigenvalue weighted by atomic mass is 16.1. The molecule has 1 saturated carbocycles. The number of aromatic nitrogens is 4. The summed E-state index contributed by atoms with van der Waals surface area (Å²) >= 11 is 0. The standard InChI is InChI=1S/C24H23N7O/c1-16-19(29-23(32)17-6-3-2-4-7-17)8-5-9-20(16)30-24-25-12-13-31(24)22-14-21(26-15-27-22)28-18-10-11-18/h2-9,12-15,18H,10-11H2,1H3,(H,25,30)(H,29,32)(H,26,27,28). The zero-order valence-corrected chi connectivity index (χ0v) is 17.6. The zero-order valence-electron chi connectivity index (χ0n) is 17.6. The van der Waals surface area contributed by atoms with Crippen LogP contribution >= 0.6 is 0 Å². The largest absolute Gasteiger partial charge is 0.367 e. The average Bonchev–Trinajstić information content (AvgIpc) is 3.51. The van der Waals surface area contributed by atoms with Crippen LogP contribution in [0.1, 0.15) is 28.8 Å². The van der Waals surface area contributed by atoms with Crippen molar-refractivity contribution >= 4 is 29.0 Å². The Morgan fingerprint density at radius 3 is 2.62 bits per heavy atom. The van der Waals surface area contributed by atoms with Gasteiger partial charge in [0.2, 0.25) is 5.95 Å². The Morgan fingerprint density at radius 2 is 1.81 bits per heavy atom. The van der Waals surface area contributed by atoms with E-state index in [0.717, 1.165) is 22.8 Å².